The van der Waals surface area contributed by atoms with Crippen LogP contribution in [0.15, 0.2) is 54.6 Å². The predicted molar refractivity (Wildman–Crippen MR) is 145 cm³/mol. The number of carbonyl (C=O) groups excluding carboxylic acids is 3. The molecule has 2 unspecified atom stereocenters. The van der Waals surface area contributed by atoms with Crippen LogP contribution in [0.5, 0.6) is 0 Å². The van der Waals surface area contributed by atoms with Crippen LogP contribution >= 0.6 is 46.4 Å². The van der Waals surface area contributed by atoms with E-state index in [-0.39, 0.29) is 33.6 Å². The third kappa shape index (κ3) is 6.21. The summed E-state index contributed by atoms with van der Waals surface area (Å²) >= 11 is 24.5. The zero-order chi connectivity index (χ0) is 27.8. The monoisotopic (exact) mass is 599 g/mol. The minimum atomic E-state index is -1.47. The van der Waals surface area contributed by atoms with E-state index < -0.39 is 39.6 Å². The van der Waals surface area contributed by atoms with Crippen LogP contribution in [0.2, 0.25) is 10.0 Å². The first kappa shape index (κ1) is 28.1. The van der Waals surface area contributed by atoms with Gasteiger partial charge in [0.05, 0.1) is 22.4 Å². The largest absolute Gasteiger partial charge is 0.326 e. The van der Waals surface area contributed by atoms with Gasteiger partial charge in [0.2, 0.25) is 17.7 Å². The molecule has 0 radical (unpaired) electrons. The number of halogens is 6. The highest BCUT2D eigenvalue weighted by atomic mass is 35.5. The number of benzene rings is 3. The Labute approximate surface area is 236 Å². The third-order valence-corrected chi connectivity index (χ3v) is 7.35. The molecule has 2 atom stereocenters. The van der Waals surface area contributed by atoms with Gasteiger partial charge in [-0.05, 0) is 54.1 Å². The number of hydrogen-bond donors (Lipinski definition) is 3. The van der Waals surface area contributed by atoms with Gasteiger partial charge in [0, 0.05) is 35.5 Å². The minimum Gasteiger partial charge on any atom is -0.326 e. The van der Waals surface area contributed by atoms with E-state index in [1.54, 1.807) is 24.3 Å². The molecule has 0 aliphatic heterocycles. The number of hydrogen-bond acceptors (Lipinski definition) is 3. The van der Waals surface area contributed by atoms with Gasteiger partial charge in [-0.3, -0.25) is 14.4 Å². The fraction of sp³-hybridized carbons (Fsp3) is 0.192. The molecule has 6 nitrogen and oxygen atoms in total. The van der Waals surface area contributed by atoms with E-state index in [4.69, 9.17) is 46.4 Å². The lowest BCUT2D eigenvalue weighted by molar-refractivity contribution is -0.117. The van der Waals surface area contributed by atoms with E-state index in [1.807, 2.05) is 0 Å². The van der Waals surface area contributed by atoms with Crippen LogP contribution in [0.3, 0.4) is 0 Å². The standard InChI is InChI=1S/C26H19Cl4F2N3O3/c1-12(36)33-15-3-5-16(6-4-15)34-21(37)10-14-8-17(11-19(28)24(14)32)35-25(38)23-22(26(23,29)30)13-2-7-20(31)18(27)9-13/h2-9,11,22-23H,10H2,1H3,(H,33,36)(H,34,37)(H,35,38). The summed E-state index contributed by atoms with van der Waals surface area (Å²) in [4.78, 5) is 36.6. The number of rotatable bonds is 7. The molecule has 0 heterocycles. The summed E-state index contributed by atoms with van der Waals surface area (Å²) in [6.07, 6.45) is -0.377. The average Bonchev–Trinajstić information content (AvgIpc) is 3.41. The highest BCUT2D eigenvalue weighted by Gasteiger charge is 2.67. The highest BCUT2D eigenvalue weighted by Crippen LogP contribution is 2.65. The molecular weight excluding hydrogens is 582 g/mol. The average molecular weight is 601 g/mol. The molecule has 12 heteroatoms. The van der Waals surface area contributed by atoms with Crippen molar-refractivity contribution in [3.63, 3.8) is 0 Å². The fourth-order valence-corrected chi connectivity index (χ4v) is 5.31. The van der Waals surface area contributed by atoms with Gasteiger partial charge < -0.3 is 16.0 Å². The highest BCUT2D eigenvalue weighted by molar-refractivity contribution is 6.53. The second-order valence-electron chi connectivity index (χ2n) is 8.71. The first-order chi connectivity index (χ1) is 17.9. The molecular formula is C26H19Cl4F2N3O3. The Kier molecular flexibility index (Phi) is 8.18. The molecule has 38 heavy (non-hydrogen) atoms. The van der Waals surface area contributed by atoms with Crippen LogP contribution in [-0.2, 0) is 20.8 Å². The first-order valence-electron chi connectivity index (χ1n) is 11.2. The zero-order valence-electron chi connectivity index (χ0n) is 19.6. The van der Waals surface area contributed by atoms with E-state index >= 15 is 0 Å². The number of alkyl halides is 2. The molecule has 3 aromatic rings. The Morgan fingerprint density at radius 2 is 1.47 bits per heavy atom. The molecule has 3 aromatic carbocycles. The first-order valence-corrected chi connectivity index (χ1v) is 12.7. The van der Waals surface area contributed by atoms with Gasteiger partial charge in [0.1, 0.15) is 16.0 Å². The molecule has 4 rings (SSSR count). The van der Waals surface area contributed by atoms with Crippen molar-refractivity contribution in [1.82, 2.24) is 0 Å². The number of amides is 3. The van der Waals surface area contributed by atoms with Crippen molar-refractivity contribution in [1.29, 1.82) is 0 Å². The molecule has 3 amide bonds. The van der Waals surface area contributed by atoms with Gasteiger partial charge in [-0.25, -0.2) is 8.78 Å². The van der Waals surface area contributed by atoms with E-state index in [2.05, 4.69) is 16.0 Å². The van der Waals surface area contributed by atoms with Gasteiger partial charge in [-0.2, -0.15) is 0 Å². The molecule has 0 bridgehead atoms. The molecule has 1 aliphatic carbocycles. The Hall–Kier alpha value is -2.91. The van der Waals surface area contributed by atoms with Gasteiger partial charge >= 0.3 is 0 Å². The lowest BCUT2D eigenvalue weighted by atomic mass is 10.1. The maximum absolute atomic E-state index is 14.7. The lowest BCUT2D eigenvalue weighted by Gasteiger charge is -2.11. The normalized spacial score (nSPS) is 17.4. The van der Waals surface area contributed by atoms with Crippen molar-refractivity contribution in [3.05, 3.63) is 87.4 Å². The number of anilines is 3. The summed E-state index contributed by atoms with van der Waals surface area (Å²) in [5.74, 6) is -4.32. The van der Waals surface area contributed by atoms with E-state index in [0.29, 0.717) is 16.9 Å². The Morgan fingerprint density at radius 1 is 0.842 bits per heavy atom. The molecule has 0 saturated heterocycles. The summed E-state index contributed by atoms with van der Waals surface area (Å²) in [5, 5.41) is 7.41. The Balaban J connectivity index is 1.44. The molecule has 1 saturated carbocycles. The van der Waals surface area contributed by atoms with Gasteiger partial charge in [-0.15, -0.1) is 23.2 Å². The second kappa shape index (κ2) is 11.1. The van der Waals surface area contributed by atoms with Crippen LogP contribution in [0.1, 0.15) is 24.0 Å². The van der Waals surface area contributed by atoms with Gasteiger partial charge in [0.15, 0.2) is 0 Å². The van der Waals surface area contributed by atoms with Crippen LogP contribution in [-0.4, -0.2) is 22.1 Å². The molecule has 1 fully saturated rings. The van der Waals surface area contributed by atoms with E-state index in [1.165, 1.54) is 31.2 Å². The zero-order valence-corrected chi connectivity index (χ0v) is 22.6. The van der Waals surface area contributed by atoms with Gasteiger partial charge in [-0.1, -0.05) is 29.3 Å². The third-order valence-electron chi connectivity index (χ3n) is 5.85. The predicted octanol–water partition coefficient (Wildman–Crippen LogP) is 6.94. The van der Waals surface area contributed by atoms with Crippen LogP contribution in [0.4, 0.5) is 25.8 Å². The molecule has 0 aromatic heterocycles. The van der Waals surface area contributed by atoms with E-state index in [9.17, 15) is 23.2 Å². The van der Waals surface area contributed by atoms with Crippen LogP contribution in [0, 0.1) is 17.6 Å². The summed E-state index contributed by atoms with van der Waals surface area (Å²) in [5.41, 5.74) is 1.55. The van der Waals surface area contributed by atoms with Crippen molar-refractivity contribution in [2.45, 2.75) is 23.6 Å². The summed E-state index contributed by atoms with van der Waals surface area (Å²) in [6, 6.07) is 12.8. The quantitative estimate of drug-likeness (QED) is 0.257. The summed E-state index contributed by atoms with van der Waals surface area (Å²) < 4.78 is 26.8. The van der Waals surface area contributed by atoms with Gasteiger partial charge in [0.25, 0.3) is 0 Å². The fourth-order valence-electron chi connectivity index (χ4n) is 4.06. The van der Waals surface area contributed by atoms with Crippen LogP contribution < -0.4 is 16.0 Å². The van der Waals surface area contributed by atoms with Crippen molar-refractivity contribution in [2.24, 2.45) is 5.92 Å². The summed E-state index contributed by atoms with van der Waals surface area (Å²) in [6.45, 7) is 1.37. The second-order valence-corrected chi connectivity index (χ2v) is 11.0. The number of carbonyl (C=O) groups is 3. The van der Waals surface area contributed by atoms with E-state index in [0.717, 1.165) is 6.07 Å². The number of nitrogens with one attached hydrogen (secondary N) is 3. The van der Waals surface area contributed by atoms with Crippen molar-refractivity contribution >= 4 is 81.2 Å². The Morgan fingerprint density at radius 3 is 2.08 bits per heavy atom. The van der Waals surface area contributed by atoms with Crippen LogP contribution in [0.25, 0.3) is 0 Å². The van der Waals surface area contributed by atoms with Crippen molar-refractivity contribution in [2.75, 3.05) is 16.0 Å². The molecule has 1 aliphatic rings. The van der Waals surface area contributed by atoms with Crippen molar-refractivity contribution < 1.29 is 23.2 Å². The van der Waals surface area contributed by atoms with Crippen molar-refractivity contribution in [3.8, 4) is 0 Å². The molecule has 0 spiro atoms. The SMILES string of the molecule is CC(=O)Nc1ccc(NC(=O)Cc2cc(NC(=O)C3C(c4ccc(F)c(Cl)c4)C3(Cl)Cl)cc(Cl)c2F)cc1. The topological polar surface area (TPSA) is 87.3 Å². The Bertz CT molecular complexity index is 1430. The maximum atomic E-state index is 14.7. The summed E-state index contributed by atoms with van der Waals surface area (Å²) in [7, 11) is 0. The molecule has 198 valence electrons. The lowest BCUT2D eigenvalue weighted by Crippen LogP contribution is -2.18. The smallest absolute Gasteiger partial charge is 0.231 e. The maximum Gasteiger partial charge on any atom is 0.231 e. The molecule has 3 N–H and O–H groups in total. The minimum absolute atomic E-state index is 0.0548.